The molecule has 0 saturated carbocycles. The predicted octanol–water partition coefficient (Wildman–Crippen LogP) is 0.501. The van der Waals surface area contributed by atoms with E-state index < -0.39 is 0 Å². The third-order valence-corrected chi connectivity index (χ3v) is 2.13. The topological polar surface area (TPSA) is 29.5 Å². The third kappa shape index (κ3) is 1.93. The summed E-state index contributed by atoms with van der Waals surface area (Å²) in [4.78, 5) is 13.2. The molecule has 1 atom stereocenters. The number of hydrogen-bond acceptors (Lipinski definition) is 2. The zero-order valence-corrected chi connectivity index (χ0v) is 7.17. The number of carbonyl (C=O) groups excluding carboxylic acids is 1. The van der Waals surface area contributed by atoms with Crippen molar-refractivity contribution >= 4 is 5.91 Å². The molecule has 0 spiro atoms. The third-order valence-electron chi connectivity index (χ3n) is 2.13. The van der Waals surface area contributed by atoms with E-state index in [-0.39, 0.29) is 11.8 Å². The molecule has 1 fully saturated rings. The van der Waals surface area contributed by atoms with E-state index in [0.29, 0.717) is 6.61 Å². The lowest BCUT2D eigenvalue weighted by Crippen LogP contribution is -2.29. The van der Waals surface area contributed by atoms with Crippen molar-refractivity contribution in [1.29, 1.82) is 0 Å². The van der Waals surface area contributed by atoms with Crippen molar-refractivity contribution in [2.24, 2.45) is 5.92 Å². The van der Waals surface area contributed by atoms with Crippen LogP contribution in [0.15, 0.2) is 0 Å². The Balaban J connectivity index is 2.30. The summed E-state index contributed by atoms with van der Waals surface area (Å²) in [6.07, 6.45) is 1.00. The van der Waals surface area contributed by atoms with Gasteiger partial charge in [0.15, 0.2) is 0 Å². The molecule has 0 radical (unpaired) electrons. The van der Waals surface area contributed by atoms with Gasteiger partial charge in [0, 0.05) is 26.1 Å². The van der Waals surface area contributed by atoms with Crippen LogP contribution in [0.2, 0.25) is 0 Å². The van der Waals surface area contributed by atoms with Gasteiger partial charge in [-0.25, -0.2) is 0 Å². The second-order valence-electron chi connectivity index (χ2n) is 3.01. The second-order valence-corrected chi connectivity index (χ2v) is 3.01. The van der Waals surface area contributed by atoms with Gasteiger partial charge in [-0.1, -0.05) is 6.92 Å². The first-order valence-electron chi connectivity index (χ1n) is 4.03. The van der Waals surface area contributed by atoms with Crippen molar-refractivity contribution in [3.63, 3.8) is 0 Å². The minimum atomic E-state index is 0.229. The maximum atomic E-state index is 11.3. The minimum Gasteiger partial charge on any atom is -0.383 e. The Hall–Kier alpha value is -0.570. The van der Waals surface area contributed by atoms with Gasteiger partial charge in [-0.05, 0) is 6.42 Å². The summed E-state index contributed by atoms with van der Waals surface area (Å²) in [5, 5.41) is 0. The van der Waals surface area contributed by atoms with Crippen LogP contribution in [-0.4, -0.2) is 37.6 Å². The first-order chi connectivity index (χ1) is 5.25. The zero-order valence-electron chi connectivity index (χ0n) is 7.17. The predicted molar refractivity (Wildman–Crippen MR) is 42.2 cm³/mol. The molecule has 11 heavy (non-hydrogen) atoms. The molecule has 1 aliphatic rings. The fourth-order valence-electron chi connectivity index (χ4n) is 1.32. The lowest BCUT2D eigenvalue weighted by Gasteiger charge is -2.14. The fraction of sp³-hybridized carbons (Fsp3) is 0.875. The highest BCUT2D eigenvalue weighted by Gasteiger charge is 2.26. The maximum absolute atomic E-state index is 11.3. The molecular weight excluding hydrogens is 142 g/mol. The quantitative estimate of drug-likeness (QED) is 0.597. The molecule has 3 heteroatoms. The van der Waals surface area contributed by atoms with E-state index in [4.69, 9.17) is 4.74 Å². The lowest BCUT2D eigenvalue weighted by molar-refractivity contribution is -0.131. The number of ether oxygens (including phenoxy) is 1. The Morgan fingerprint density at radius 3 is 2.91 bits per heavy atom. The van der Waals surface area contributed by atoms with Crippen LogP contribution >= 0.6 is 0 Å². The number of amides is 1. The Morgan fingerprint density at radius 2 is 2.45 bits per heavy atom. The molecule has 1 heterocycles. The van der Waals surface area contributed by atoms with Crippen molar-refractivity contribution < 1.29 is 9.53 Å². The van der Waals surface area contributed by atoms with E-state index in [2.05, 4.69) is 0 Å². The monoisotopic (exact) mass is 157 g/mol. The number of nitrogens with zero attached hydrogens (tertiary/aromatic N) is 1. The molecule has 1 rings (SSSR count). The Labute approximate surface area is 67.3 Å². The van der Waals surface area contributed by atoms with Crippen LogP contribution in [-0.2, 0) is 9.53 Å². The van der Waals surface area contributed by atoms with Gasteiger partial charge in [-0.2, -0.15) is 0 Å². The summed E-state index contributed by atoms with van der Waals surface area (Å²) in [6.45, 7) is 4.29. The van der Waals surface area contributed by atoms with Gasteiger partial charge in [0.2, 0.25) is 5.91 Å². The summed E-state index contributed by atoms with van der Waals surface area (Å²) >= 11 is 0. The van der Waals surface area contributed by atoms with Gasteiger partial charge in [-0.3, -0.25) is 4.79 Å². The Morgan fingerprint density at radius 1 is 1.73 bits per heavy atom. The molecule has 0 N–H and O–H groups in total. The normalized spacial score (nSPS) is 24.7. The average molecular weight is 157 g/mol. The number of rotatable bonds is 3. The summed E-state index contributed by atoms with van der Waals surface area (Å²) in [6, 6.07) is 0. The first kappa shape index (κ1) is 8.53. The van der Waals surface area contributed by atoms with Crippen molar-refractivity contribution in [3.05, 3.63) is 0 Å². The van der Waals surface area contributed by atoms with Crippen LogP contribution in [0.3, 0.4) is 0 Å². The van der Waals surface area contributed by atoms with Crippen molar-refractivity contribution in [3.8, 4) is 0 Å². The molecule has 0 aliphatic carbocycles. The van der Waals surface area contributed by atoms with Crippen LogP contribution in [0, 0.1) is 5.92 Å². The number of methoxy groups -OCH3 is 1. The molecule has 1 saturated heterocycles. The van der Waals surface area contributed by atoms with E-state index >= 15 is 0 Å². The number of likely N-dealkylation sites (tertiary alicyclic amines) is 1. The molecule has 1 unspecified atom stereocenters. The van der Waals surface area contributed by atoms with E-state index in [1.807, 2.05) is 11.8 Å². The van der Waals surface area contributed by atoms with E-state index in [1.165, 1.54) is 0 Å². The van der Waals surface area contributed by atoms with Gasteiger partial charge in [0.05, 0.1) is 6.61 Å². The molecule has 1 aliphatic heterocycles. The second kappa shape index (κ2) is 3.72. The molecular formula is C8H15NO2. The van der Waals surface area contributed by atoms with Gasteiger partial charge < -0.3 is 9.64 Å². The highest BCUT2D eigenvalue weighted by molar-refractivity contribution is 5.80. The van der Waals surface area contributed by atoms with Gasteiger partial charge in [0.25, 0.3) is 0 Å². The number of carbonyl (C=O) groups is 1. The van der Waals surface area contributed by atoms with Crippen LogP contribution in [0.25, 0.3) is 0 Å². The van der Waals surface area contributed by atoms with Crippen LogP contribution in [0.4, 0.5) is 0 Å². The maximum Gasteiger partial charge on any atom is 0.225 e. The minimum absolute atomic E-state index is 0.229. The van der Waals surface area contributed by atoms with E-state index in [0.717, 1.165) is 19.5 Å². The Bertz CT molecular complexity index is 147. The summed E-state index contributed by atoms with van der Waals surface area (Å²) in [7, 11) is 1.66. The summed E-state index contributed by atoms with van der Waals surface area (Å²) < 4.78 is 4.89. The van der Waals surface area contributed by atoms with Crippen LogP contribution < -0.4 is 0 Å². The molecule has 1 amide bonds. The van der Waals surface area contributed by atoms with Crippen LogP contribution in [0.1, 0.15) is 13.3 Å². The largest absolute Gasteiger partial charge is 0.383 e. The van der Waals surface area contributed by atoms with Crippen LogP contribution in [0.5, 0.6) is 0 Å². The van der Waals surface area contributed by atoms with E-state index in [1.54, 1.807) is 7.11 Å². The molecule has 0 aromatic heterocycles. The average Bonchev–Trinajstić information content (AvgIpc) is 2.31. The molecule has 3 nitrogen and oxygen atoms in total. The standard InChI is InChI=1S/C8H15NO2/c1-7-3-4-9(8(7)10)5-6-11-2/h7H,3-6H2,1-2H3. The smallest absolute Gasteiger partial charge is 0.225 e. The van der Waals surface area contributed by atoms with Gasteiger partial charge >= 0.3 is 0 Å². The number of hydrogen-bond donors (Lipinski definition) is 0. The zero-order chi connectivity index (χ0) is 8.27. The molecule has 64 valence electrons. The summed E-state index contributed by atoms with van der Waals surface area (Å²) in [5.74, 6) is 0.508. The van der Waals surface area contributed by atoms with Gasteiger partial charge in [0.1, 0.15) is 0 Å². The molecule has 0 aromatic rings. The van der Waals surface area contributed by atoms with Crippen molar-refractivity contribution in [2.45, 2.75) is 13.3 Å². The highest BCUT2D eigenvalue weighted by Crippen LogP contribution is 2.15. The summed E-state index contributed by atoms with van der Waals surface area (Å²) in [5.41, 5.74) is 0. The first-order valence-corrected chi connectivity index (χ1v) is 4.03. The molecule has 0 aromatic carbocycles. The van der Waals surface area contributed by atoms with E-state index in [9.17, 15) is 4.79 Å². The fourth-order valence-corrected chi connectivity index (χ4v) is 1.32. The Kier molecular flexibility index (Phi) is 2.88. The molecule has 0 bridgehead atoms. The van der Waals surface area contributed by atoms with Gasteiger partial charge in [-0.15, -0.1) is 0 Å². The highest BCUT2D eigenvalue weighted by atomic mass is 16.5. The SMILES string of the molecule is COCCN1CCC(C)C1=O. The van der Waals surface area contributed by atoms with Crippen molar-refractivity contribution in [2.75, 3.05) is 26.8 Å². The van der Waals surface area contributed by atoms with Crippen molar-refractivity contribution in [1.82, 2.24) is 4.90 Å². The lowest BCUT2D eigenvalue weighted by atomic mass is 10.1.